The Balaban J connectivity index is 1.63. The maximum atomic E-state index is 13.0. The number of pyridine rings is 1. The van der Waals surface area contributed by atoms with E-state index in [1.165, 1.54) is 0 Å². The SMILES string of the molecule is CC(C)(O)c1ccc(N2C(=O)CN(CC3CCOCC3)c3nccnc32)cn1. The first-order valence-corrected chi connectivity index (χ1v) is 9.59. The van der Waals surface area contributed by atoms with Gasteiger partial charge in [-0.1, -0.05) is 0 Å². The fourth-order valence-electron chi connectivity index (χ4n) is 3.67. The number of carbonyl (C=O) groups excluding carboxylic acids is 1. The van der Waals surface area contributed by atoms with Gasteiger partial charge in [0.2, 0.25) is 0 Å². The molecule has 0 radical (unpaired) electrons. The molecule has 1 saturated heterocycles. The quantitative estimate of drug-likeness (QED) is 0.863. The Labute approximate surface area is 164 Å². The number of ether oxygens (including phenoxy) is 1. The van der Waals surface area contributed by atoms with Gasteiger partial charge in [0.25, 0.3) is 5.91 Å². The van der Waals surface area contributed by atoms with E-state index in [-0.39, 0.29) is 12.5 Å². The first-order chi connectivity index (χ1) is 13.4. The van der Waals surface area contributed by atoms with Crippen LogP contribution < -0.4 is 9.80 Å². The summed E-state index contributed by atoms with van der Waals surface area (Å²) in [7, 11) is 0. The van der Waals surface area contributed by atoms with Crippen LogP contribution in [0.5, 0.6) is 0 Å². The molecule has 0 spiro atoms. The van der Waals surface area contributed by atoms with Gasteiger partial charge < -0.3 is 14.7 Å². The summed E-state index contributed by atoms with van der Waals surface area (Å²) >= 11 is 0. The van der Waals surface area contributed by atoms with Crippen molar-refractivity contribution in [1.29, 1.82) is 0 Å². The van der Waals surface area contributed by atoms with Gasteiger partial charge in [0.15, 0.2) is 11.6 Å². The first kappa shape index (κ1) is 18.8. The lowest BCUT2D eigenvalue weighted by Crippen LogP contribution is -2.46. The summed E-state index contributed by atoms with van der Waals surface area (Å²) < 4.78 is 5.44. The molecule has 8 heteroatoms. The first-order valence-electron chi connectivity index (χ1n) is 9.59. The van der Waals surface area contributed by atoms with E-state index >= 15 is 0 Å². The summed E-state index contributed by atoms with van der Waals surface area (Å²) in [6, 6.07) is 3.51. The van der Waals surface area contributed by atoms with Gasteiger partial charge in [-0.05, 0) is 44.7 Å². The summed E-state index contributed by atoms with van der Waals surface area (Å²) in [5.74, 6) is 1.64. The summed E-state index contributed by atoms with van der Waals surface area (Å²) in [6.45, 7) is 5.91. The molecule has 148 valence electrons. The summed E-state index contributed by atoms with van der Waals surface area (Å²) in [5.41, 5.74) is 0.120. The molecule has 4 rings (SSSR count). The molecular weight excluding hydrogens is 358 g/mol. The van der Waals surface area contributed by atoms with E-state index in [0.29, 0.717) is 28.9 Å². The molecule has 0 aliphatic carbocycles. The van der Waals surface area contributed by atoms with Crippen LogP contribution in [0.15, 0.2) is 30.7 Å². The van der Waals surface area contributed by atoms with Gasteiger partial charge in [0.05, 0.1) is 24.1 Å². The van der Waals surface area contributed by atoms with Crippen LogP contribution in [-0.2, 0) is 15.1 Å². The molecule has 2 aromatic rings. The van der Waals surface area contributed by atoms with Gasteiger partial charge in [0.1, 0.15) is 5.60 Å². The number of nitrogens with zero attached hydrogens (tertiary/aromatic N) is 5. The monoisotopic (exact) mass is 383 g/mol. The number of amides is 1. The fraction of sp³-hybridized carbons (Fsp3) is 0.500. The van der Waals surface area contributed by atoms with Crippen molar-refractivity contribution in [3.63, 3.8) is 0 Å². The number of anilines is 3. The van der Waals surface area contributed by atoms with Crippen LogP contribution in [-0.4, -0.2) is 52.3 Å². The molecule has 1 N–H and O–H groups in total. The van der Waals surface area contributed by atoms with Crippen LogP contribution in [0.1, 0.15) is 32.4 Å². The third kappa shape index (κ3) is 3.70. The molecule has 0 atom stereocenters. The molecule has 0 bridgehead atoms. The Morgan fingerprint density at radius 2 is 1.86 bits per heavy atom. The van der Waals surface area contributed by atoms with E-state index in [1.807, 2.05) is 4.90 Å². The molecule has 0 aromatic carbocycles. The second-order valence-corrected chi connectivity index (χ2v) is 7.83. The van der Waals surface area contributed by atoms with Crippen LogP contribution in [0.4, 0.5) is 17.3 Å². The topological polar surface area (TPSA) is 91.7 Å². The van der Waals surface area contributed by atoms with Crippen molar-refractivity contribution >= 4 is 23.2 Å². The third-order valence-electron chi connectivity index (χ3n) is 5.20. The van der Waals surface area contributed by atoms with Crippen molar-refractivity contribution in [3.8, 4) is 0 Å². The summed E-state index contributed by atoms with van der Waals surface area (Å²) in [5, 5.41) is 10.1. The number of carbonyl (C=O) groups is 1. The van der Waals surface area contributed by atoms with Crippen LogP contribution in [0, 0.1) is 5.92 Å². The Bertz CT molecular complexity index is 844. The van der Waals surface area contributed by atoms with Crippen molar-refractivity contribution in [2.45, 2.75) is 32.3 Å². The molecule has 1 fully saturated rings. The Morgan fingerprint density at radius 1 is 1.14 bits per heavy atom. The molecule has 0 unspecified atom stereocenters. The zero-order chi connectivity index (χ0) is 19.7. The highest BCUT2D eigenvalue weighted by Crippen LogP contribution is 2.35. The molecule has 2 aromatic heterocycles. The van der Waals surface area contributed by atoms with E-state index in [9.17, 15) is 9.90 Å². The van der Waals surface area contributed by atoms with Crippen LogP contribution in [0.25, 0.3) is 0 Å². The van der Waals surface area contributed by atoms with Crippen LogP contribution in [0.2, 0.25) is 0 Å². The largest absolute Gasteiger partial charge is 0.384 e. The van der Waals surface area contributed by atoms with Crippen molar-refractivity contribution < 1.29 is 14.6 Å². The summed E-state index contributed by atoms with van der Waals surface area (Å²) in [4.78, 5) is 29.9. The van der Waals surface area contributed by atoms with Crippen LogP contribution in [0.3, 0.4) is 0 Å². The number of fused-ring (bicyclic) bond motifs is 1. The Kier molecular flexibility index (Phi) is 4.99. The molecule has 28 heavy (non-hydrogen) atoms. The van der Waals surface area contributed by atoms with E-state index in [4.69, 9.17) is 4.74 Å². The molecule has 4 heterocycles. The molecule has 1 amide bonds. The normalized spacial score (nSPS) is 18.3. The number of hydrogen-bond acceptors (Lipinski definition) is 7. The highest BCUT2D eigenvalue weighted by atomic mass is 16.5. The Morgan fingerprint density at radius 3 is 2.50 bits per heavy atom. The van der Waals surface area contributed by atoms with Crippen molar-refractivity contribution in [2.75, 3.05) is 36.1 Å². The average Bonchev–Trinajstić information content (AvgIpc) is 2.68. The lowest BCUT2D eigenvalue weighted by Gasteiger charge is -2.37. The smallest absolute Gasteiger partial charge is 0.252 e. The van der Waals surface area contributed by atoms with E-state index in [2.05, 4.69) is 15.0 Å². The maximum Gasteiger partial charge on any atom is 0.252 e. The Hall–Kier alpha value is -2.58. The van der Waals surface area contributed by atoms with Gasteiger partial charge in [-0.2, -0.15) is 0 Å². The number of aliphatic hydroxyl groups is 1. The predicted octanol–water partition coefficient (Wildman–Crippen LogP) is 2.01. The minimum Gasteiger partial charge on any atom is -0.384 e. The van der Waals surface area contributed by atoms with Crippen LogP contribution >= 0.6 is 0 Å². The third-order valence-corrected chi connectivity index (χ3v) is 5.20. The maximum absolute atomic E-state index is 13.0. The number of hydrogen-bond donors (Lipinski definition) is 1. The van der Waals surface area contributed by atoms with Gasteiger partial charge >= 0.3 is 0 Å². The predicted molar refractivity (Wildman–Crippen MR) is 104 cm³/mol. The van der Waals surface area contributed by atoms with E-state index in [1.54, 1.807) is 49.5 Å². The molecular formula is C20H25N5O3. The van der Waals surface area contributed by atoms with Crippen molar-refractivity contribution in [1.82, 2.24) is 15.0 Å². The highest BCUT2D eigenvalue weighted by molar-refractivity contribution is 6.06. The lowest BCUT2D eigenvalue weighted by molar-refractivity contribution is -0.117. The zero-order valence-electron chi connectivity index (χ0n) is 16.2. The van der Waals surface area contributed by atoms with Crippen molar-refractivity contribution in [3.05, 3.63) is 36.4 Å². The van der Waals surface area contributed by atoms with Gasteiger partial charge in [-0.3, -0.25) is 14.7 Å². The van der Waals surface area contributed by atoms with Gasteiger partial charge in [-0.15, -0.1) is 0 Å². The zero-order valence-corrected chi connectivity index (χ0v) is 16.2. The average molecular weight is 383 g/mol. The van der Waals surface area contributed by atoms with Gasteiger partial charge in [-0.25, -0.2) is 9.97 Å². The summed E-state index contributed by atoms with van der Waals surface area (Å²) in [6.07, 6.45) is 6.82. The van der Waals surface area contributed by atoms with E-state index in [0.717, 1.165) is 32.6 Å². The second kappa shape index (κ2) is 7.44. The minimum atomic E-state index is -1.04. The van der Waals surface area contributed by atoms with Gasteiger partial charge in [0, 0.05) is 32.2 Å². The minimum absolute atomic E-state index is 0.0714. The second-order valence-electron chi connectivity index (χ2n) is 7.83. The molecule has 0 saturated carbocycles. The molecule has 8 nitrogen and oxygen atoms in total. The highest BCUT2D eigenvalue weighted by Gasteiger charge is 2.34. The van der Waals surface area contributed by atoms with Crippen molar-refractivity contribution in [2.24, 2.45) is 5.92 Å². The standard InChI is InChI=1S/C20H25N5O3/c1-20(2,27)16-4-3-15(11-23-16)25-17(26)13-24(12-14-5-9-28-10-6-14)18-19(25)22-8-7-21-18/h3-4,7-8,11,14,27H,5-6,9-10,12-13H2,1-2H3. The number of rotatable bonds is 4. The molecule has 2 aliphatic rings. The number of aromatic nitrogens is 3. The molecule has 2 aliphatic heterocycles. The fourth-order valence-corrected chi connectivity index (χ4v) is 3.67. The van der Waals surface area contributed by atoms with E-state index < -0.39 is 5.60 Å². The lowest BCUT2D eigenvalue weighted by atomic mass is 9.99.